The van der Waals surface area contributed by atoms with Gasteiger partial charge in [0.1, 0.15) is 17.1 Å². The number of nitrogens with two attached hydrogens (primary N) is 1. The summed E-state index contributed by atoms with van der Waals surface area (Å²) in [5.41, 5.74) is 11.3. The van der Waals surface area contributed by atoms with E-state index in [2.05, 4.69) is 9.97 Å². The van der Waals surface area contributed by atoms with Gasteiger partial charge in [0.2, 0.25) is 0 Å². The molecule has 0 unspecified atom stereocenters. The lowest BCUT2D eigenvalue weighted by atomic mass is 10.2. The van der Waals surface area contributed by atoms with Crippen molar-refractivity contribution in [2.75, 3.05) is 12.8 Å². The van der Waals surface area contributed by atoms with E-state index in [0.29, 0.717) is 39.8 Å². The Morgan fingerprint density at radius 2 is 1.68 bits per heavy atom. The molecule has 0 aliphatic heterocycles. The Morgan fingerprint density at radius 1 is 0.912 bits per heavy atom. The van der Waals surface area contributed by atoms with Crippen molar-refractivity contribution in [1.82, 2.24) is 24.5 Å². The van der Waals surface area contributed by atoms with E-state index in [4.69, 9.17) is 20.4 Å². The minimum absolute atomic E-state index is 0.0289. The molecule has 0 saturated carbocycles. The van der Waals surface area contributed by atoms with Crippen LogP contribution in [-0.2, 0) is 6.61 Å². The number of imidazole rings is 1. The van der Waals surface area contributed by atoms with E-state index >= 15 is 0 Å². The van der Waals surface area contributed by atoms with Gasteiger partial charge in [0.25, 0.3) is 0 Å². The summed E-state index contributed by atoms with van der Waals surface area (Å²) in [6.45, 7) is 3.97. The maximum Gasteiger partial charge on any atom is 0.165 e. The first kappa shape index (κ1) is 22.9. The number of anilines is 1. The summed E-state index contributed by atoms with van der Waals surface area (Å²) >= 11 is 0. The average molecular weight is 455 g/mol. The zero-order valence-corrected chi connectivity index (χ0v) is 19.3. The normalized spacial score (nSPS) is 10.6. The summed E-state index contributed by atoms with van der Waals surface area (Å²) in [6.07, 6.45) is 3.31. The summed E-state index contributed by atoms with van der Waals surface area (Å²) in [6, 6.07) is 18.8. The van der Waals surface area contributed by atoms with Crippen molar-refractivity contribution < 1.29 is 9.84 Å². The van der Waals surface area contributed by atoms with Crippen LogP contribution in [0.5, 0.6) is 5.75 Å². The smallest absolute Gasteiger partial charge is 0.165 e. The Labute approximate surface area is 197 Å². The van der Waals surface area contributed by atoms with Crippen LogP contribution < -0.4 is 10.5 Å². The van der Waals surface area contributed by atoms with Gasteiger partial charge in [-0.15, -0.1) is 0 Å². The Kier molecular flexibility index (Phi) is 6.79. The fourth-order valence-corrected chi connectivity index (χ4v) is 3.53. The first-order chi connectivity index (χ1) is 16.7. The average Bonchev–Trinajstić information content (AvgIpc) is 3.28. The van der Waals surface area contributed by atoms with Crippen LogP contribution >= 0.6 is 0 Å². The van der Waals surface area contributed by atoms with E-state index in [0.717, 1.165) is 16.9 Å². The molecule has 0 amide bonds. The Bertz CT molecular complexity index is 1400. The SMILES string of the molecule is CC.COc1ccc(-c2ccc3nc(-c4cccnc4N)n(-c4ccc(CO)cc4)c3n2)nc1. The van der Waals surface area contributed by atoms with Crippen molar-refractivity contribution in [2.24, 2.45) is 0 Å². The van der Waals surface area contributed by atoms with Gasteiger partial charge in [-0.1, -0.05) is 26.0 Å². The summed E-state index contributed by atoms with van der Waals surface area (Å²) in [5, 5.41) is 9.43. The number of aliphatic hydroxyl groups is 1. The van der Waals surface area contributed by atoms with Crippen LogP contribution in [0.4, 0.5) is 5.82 Å². The largest absolute Gasteiger partial charge is 0.495 e. The van der Waals surface area contributed by atoms with Crippen molar-refractivity contribution in [1.29, 1.82) is 0 Å². The van der Waals surface area contributed by atoms with Crippen molar-refractivity contribution in [3.05, 3.63) is 78.6 Å². The van der Waals surface area contributed by atoms with Crippen LogP contribution in [0.15, 0.2) is 73.1 Å². The molecular formula is C26H26N6O2. The molecule has 8 nitrogen and oxygen atoms in total. The molecule has 4 aromatic heterocycles. The number of methoxy groups -OCH3 is 1. The lowest BCUT2D eigenvalue weighted by molar-refractivity contribution is 0.282. The minimum Gasteiger partial charge on any atom is -0.495 e. The van der Waals surface area contributed by atoms with Gasteiger partial charge in [0.05, 0.1) is 36.9 Å². The van der Waals surface area contributed by atoms with Crippen molar-refractivity contribution >= 4 is 17.0 Å². The van der Waals surface area contributed by atoms with E-state index < -0.39 is 0 Å². The van der Waals surface area contributed by atoms with Crippen LogP contribution in [0, 0.1) is 0 Å². The molecule has 172 valence electrons. The lowest BCUT2D eigenvalue weighted by Crippen LogP contribution is -2.02. The second-order valence-electron chi connectivity index (χ2n) is 7.15. The third kappa shape index (κ3) is 4.31. The van der Waals surface area contributed by atoms with Gasteiger partial charge in [0.15, 0.2) is 11.5 Å². The first-order valence-corrected chi connectivity index (χ1v) is 11.0. The fourth-order valence-electron chi connectivity index (χ4n) is 3.53. The number of benzene rings is 1. The van der Waals surface area contributed by atoms with Gasteiger partial charge in [-0.25, -0.2) is 15.0 Å². The zero-order chi connectivity index (χ0) is 24.1. The molecule has 0 spiro atoms. The molecule has 5 rings (SSSR count). The van der Waals surface area contributed by atoms with Crippen LogP contribution in [0.2, 0.25) is 0 Å². The Morgan fingerprint density at radius 3 is 2.32 bits per heavy atom. The fraction of sp³-hybridized carbons (Fsp3) is 0.154. The number of nitrogens with zero attached hydrogens (tertiary/aromatic N) is 5. The topological polar surface area (TPSA) is 112 Å². The van der Waals surface area contributed by atoms with Crippen LogP contribution in [-0.4, -0.2) is 36.7 Å². The minimum atomic E-state index is -0.0289. The number of hydrogen-bond donors (Lipinski definition) is 2. The monoisotopic (exact) mass is 454 g/mol. The number of ether oxygens (including phenoxy) is 1. The maximum atomic E-state index is 9.43. The van der Waals surface area contributed by atoms with Gasteiger partial charge in [-0.05, 0) is 54.1 Å². The summed E-state index contributed by atoms with van der Waals surface area (Å²) < 4.78 is 7.14. The van der Waals surface area contributed by atoms with E-state index in [-0.39, 0.29) is 6.61 Å². The van der Waals surface area contributed by atoms with Crippen LogP contribution in [0.25, 0.3) is 39.6 Å². The molecule has 5 aromatic rings. The lowest BCUT2D eigenvalue weighted by Gasteiger charge is -2.11. The Balaban J connectivity index is 0.00000133. The highest BCUT2D eigenvalue weighted by atomic mass is 16.5. The highest BCUT2D eigenvalue weighted by Crippen LogP contribution is 2.31. The van der Waals surface area contributed by atoms with Gasteiger partial charge in [0, 0.05) is 11.9 Å². The highest BCUT2D eigenvalue weighted by Gasteiger charge is 2.18. The summed E-state index contributed by atoms with van der Waals surface area (Å²) in [4.78, 5) is 18.4. The quantitative estimate of drug-likeness (QED) is 0.397. The van der Waals surface area contributed by atoms with Gasteiger partial charge < -0.3 is 15.6 Å². The predicted octanol–water partition coefficient (Wildman–Crippen LogP) is 4.65. The van der Waals surface area contributed by atoms with Crippen LogP contribution in [0.1, 0.15) is 19.4 Å². The van der Waals surface area contributed by atoms with E-state index in [9.17, 15) is 5.11 Å². The molecular weight excluding hydrogens is 428 g/mol. The molecule has 1 aromatic carbocycles. The summed E-state index contributed by atoms with van der Waals surface area (Å²) in [7, 11) is 1.60. The molecule has 0 radical (unpaired) electrons. The number of hydrogen-bond acceptors (Lipinski definition) is 7. The van der Waals surface area contributed by atoms with Crippen molar-refractivity contribution in [3.8, 4) is 34.2 Å². The molecule has 3 N–H and O–H groups in total. The maximum absolute atomic E-state index is 9.43. The molecule has 8 heteroatoms. The molecule has 0 aliphatic carbocycles. The number of nitrogen functional groups attached to an aromatic ring is 1. The summed E-state index contributed by atoms with van der Waals surface area (Å²) in [5.74, 6) is 1.70. The van der Waals surface area contributed by atoms with Gasteiger partial charge >= 0.3 is 0 Å². The Hall–Kier alpha value is -4.30. The van der Waals surface area contributed by atoms with Gasteiger partial charge in [-0.3, -0.25) is 9.55 Å². The van der Waals surface area contributed by atoms with E-state index in [1.54, 1.807) is 19.5 Å². The van der Waals surface area contributed by atoms with Crippen molar-refractivity contribution in [2.45, 2.75) is 20.5 Å². The molecule has 34 heavy (non-hydrogen) atoms. The number of rotatable bonds is 5. The van der Waals surface area contributed by atoms with Crippen molar-refractivity contribution in [3.63, 3.8) is 0 Å². The van der Waals surface area contributed by atoms with Gasteiger partial charge in [-0.2, -0.15) is 0 Å². The van der Waals surface area contributed by atoms with Crippen LogP contribution in [0.3, 0.4) is 0 Å². The first-order valence-electron chi connectivity index (χ1n) is 11.0. The van der Waals surface area contributed by atoms with E-state index in [1.807, 2.05) is 79.1 Å². The highest BCUT2D eigenvalue weighted by molar-refractivity contribution is 5.84. The molecule has 0 aliphatic rings. The molecule has 0 fully saturated rings. The van der Waals surface area contributed by atoms with E-state index in [1.165, 1.54) is 0 Å². The molecule has 0 saturated heterocycles. The number of pyridine rings is 3. The third-order valence-corrected chi connectivity index (χ3v) is 5.20. The second kappa shape index (κ2) is 10.1. The zero-order valence-electron chi connectivity index (χ0n) is 19.3. The number of fused-ring (bicyclic) bond motifs is 1. The second-order valence-corrected chi connectivity index (χ2v) is 7.15. The molecule has 0 bridgehead atoms. The molecule has 0 atom stereocenters. The predicted molar refractivity (Wildman–Crippen MR) is 134 cm³/mol. The standard InChI is InChI=1S/C24H20N6O2.C2H6/c1-32-17-8-9-19(27-13-17)20-10-11-21-24(28-20)30(16-6-4-15(14-31)5-7-16)23(29-21)18-3-2-12-26-22(18)25;1-2/h2-13,31H,14H2,1H3,(H2,25,26);1-2H3. The molecule has 4 heterocycles. The third-order valence-electron chi connectivity index (χ3n) is 5.20. The number of aromatic nitrogens is 5. The number of aliphatic hydroxyl groups excluding tert-OH is 1.